The van der Waals surface area contributed by atoms with Gasteiger partial charge in [-0.05, 0) is 42.9 Å². The van der Waals surface area contributed by atoms with E-state index >= 15 is 0 Å². The van der Waals surface area contributed by atoms with Crippen LogP contribution in [-0.2, 0) is 19.1 Å². The molecule has 1 atom stereocenters. The Bertz CT molecular complexity index is 899. The van der Waals surface area contributed by atoms with Crippen molar-refractivity contribution in [3.8, 4) is 0 Å². The molecular formula is C19H17F2NO4. The van der Waals surface area contributed by atoms with Gasteiger partial charge in [0.1, 0.15) is 18.2 Å². The molecule has 0 unspecified atom stereocenters. The highest BCUT2D eigenvalue weighted by molar-refractivity contribution is 6.01. The number of cyclic esters (lactones) is 1. The van der Waals surface area contributed by atoms with Crippen molar-refractivity contribution in [2.45, 2.75) is 31.6 Å². The number of benzene rings is 1. The average molecular weight is 361 g/mol. The Kier molecular flexibility index (Phi) is 3.82. The minimum Gasteiger partial charge on any atom is -0.466 e. The molecule has 1 saturated carbocycles. The fraction of sp³-hybridized carbons (Fsp3) is 0.368. The quantitative estimate of drug-likeness (QED) is 0.839. The lowest BCUT2D eigenvalue weighted by Crippen LogP contribution is -2.30. The summed E-state index contributed by atoms with van der Waals surface area (Å²) in [7, 11) is 1.23. The predicted molar refractivity (Wildman–Crippen MR) is 86.9 cm³/mol. The zero-order chi connectivity index (χ0) is 18.6. The molecular weight excluding hydrogens is 344 g/mol. The summed E-state index contributed by atoms with van der Waals surface area (Å²) in [5, 5.41) is 2.99. The highest BCUT2D eigenvalue weighted by atomic mass is 19.1. The first kappa shape index (κ1) is 16.8. The monoisotopic (exact) mass is 361 g/mol. The summed E-state index contributed by atoms with van der Waals surface area (Å²) in [5.41, 5.74) is 2.01. The number of methoxy groups -OCH3 is 1. The number of rotatable bonds is 3. The molecule has 0 radical (unpaired) electrons. The Morgan fingerprint density at radius 3 is 2.69 bits per heavy atom. The summed E-state index contributed by atoms with van der Waals surface area (Å²) in [4.78, 5) is 24.8. The molecule has 5 nitrogen and oxygen atoms in total. The number of nitrogens with one attached hydrogen (secondary N) is 1. The van der Waals surface area contributed by atoms with Crippen molar-refractivity contribution in [3.05, 3.63) is 57.4 Å². The van der Waals surface area contributed by atoms with Crippen LogP contribution in [0.15, 0.2) is 34.7 Å². The molecule has 7 heteroatoms. The topological polar surface area (TPSA) is 64.6 Å². The van der Waals surface area contributed by atoms with E-state index in [1.807, 2.05) is 0 Å². The first-order chi connectivity index (χ1) is 12.4. The van der Waals surface area contributed by atoms with Crippen molar-refractivity contribution in [2.24, 2.45) is 0 Å². The van der Waals surface area contributed by atoms with Crippen LogP contribution in [0.1, 0.15) is 42.7 Å². The molecule has 0 saturated heterocycles. The highest BCUT2D eigenvalue weighted by Gasteiger charge is 2.44. The van der Waals surface area contributed by atoms with Gasteiger partial charge >= 0.3 is 11.9 Å². The van der Waals surface area contributed by atoms with Gasteiger partial charge in [-0.15, -0.1) is 0 Å². The fourth-order valence-corrected chi connectivity index (χ4v) is 3.80. The number of carbonyl (C=O) groups excluding carboxylic acids is 2. The molecule has 2 aliphatic heterocycles. The first-order valence-electron chi connectivity index (χ1n) is 8.37. The van der Waals surface area contributed by atoms with Crippen LogP contribution in [0.3, 0.4) is 0 Å². The largest absolute Gasteiger partial charge is 0.466 e. The van der Waals surface area contributed by atoms with E-state index in [4.69, 9.17) is 9.47 Å². The van der Waals surface area contributed by atoms with Crippen LogP contribution in [-0.4, -0.2) is 25.7 Å². The standard InChI is InChI=1S/C19H17F2NO4/c1-8-14(18(23)25-2)16(17-13(22-8)7-26-19(17)24)11-5-10(20)6-12(21)15(11)9-3-4-9/h5-6,9,16,22H,3-4,7H2,1-2H3/t16-/m0/s1. The van der Waals surface area contributed by atoms with E-state index in [2.05, 4.69) is 5.32 Å². The van der Waals surface area contributed by atoms with Gasteiger partial charge in [0, 0.05) is 11.8 Å². The van der Waals surface area contributed by atoms with Crippen LogP contribution < -0.4 is 5.32 Å². The molecule has 1 fully saturated rings. The maximum Gasteiger partial charge on any atom is 0.337 e. The van der Waals surface area contributed by atoms with Gasteiger partial charge in [0.15, 0.2) is 0 Å². The Balaban J connectivity index is 1.98. The second-order valence-electron chi connectivity index (χ2n) is 6.72. The van der Waals surface area contributed by atoms with Crippen molar-refractivity contribution in [1.82, 2.24) is 5.32 Å². The van der Waals surface area contributed by atoms with Gasteiger partial charge in [-0.25, -0.2) is 18.4 Å². The van der Waals surface area contributed by atoms with E-state index < -0.39 is 29.5 Å². The van der Waals surface area contributed by atoms with E-state index in [1.54, 1.807) is 6.92 Å². The molecule has 2 heterocycles. The molecule has 136 valence electrons. The Labute approximate surface area is 148 Å². The van der Waals surface area contributed by atoms with Gasteiger partial charge in [-0.1, -0.05) is 0 Å². The van der Waals surface area contributed by atoms with Crippen molar-refractivity contribution in [3.63, 3.8) is 0 Å². The van der Waals surface area contributed by atoms with Gasteiger partial charge in [0.25, 0.3) is 0 Å². The molecule has 0 amide bonds. The normalized spacial score (nSPS) is 22.2. The van der Waals surface area contributed by atoms with Crippen molar-refractivity contribution >= 4 is 11.9 Å². The number of allylic oxidation sites excluding steroid dienone is 1. The van der Waals surface area contributed by atoms with E-state index in [9.17, 15) is 18.4 Å². The number of carbonyl (C=O) groups is 2. The minimum atomic E-state index is -0.922. The fourth-order valence-electron chi connectivity index (χ4n) is 3.80. The summed E-state index contributed by atoms with van der Waals surface area (Å²) in [6.45, 7) is 1.70. The van der Waals surface area contributed by atoms with E-state index in [1.165, 1.54) is 13.2 Å². The maximum absolute atomic E-state index is 14.6. The molecule has 4 rings (SSSR count). The van der Waals surface area contributed by atoms with Crippen LogP contribution in [0, 0.1) is 11.6 Å². The SMILES string of the molecule is COC(=O)C1=C(C)NC2=C(C(=O)OC2)[C@H]1c1cc(F)cc(F)c1C1CC1. The third-order valence-electron chi connectivity index (χ3n) is 5.04. The zero-order valence-electron chi connectivity index (χ0n) is 14.3. The van der Waals surface area contributed by atoms with E-state index in [0.29, 0.717) is 17.0 Å². The molecule has 1 aromatic rings. The van der Waals surface area contributed by atoms with Crippen LogP contribution in [0.4, 0.5) is 8.78 Å². The van der Waals surface area contributed by atoms with Crippen LogP contribution in [0.25, 0.3) is 0 Å². The van der Waals surface area contributed by atoms with Gasteiger partial charge in [-0.2, -0.15) is 0 Å². The lowest BCUT2D eigenvalue weighted by atomic mass is 9.78. The van der Waals surface area contributed by atoms with Crippen LogP contribution >= 0.6 is 0 Å². The Hall–Kier alpha value is -2.70. The maximum atomic E-state index is 14.6. The number of halogens is 2. The van der Waals surface area contributed by atoms with Gasteiger partial charge in [0.2, 0.25) is 0 Å². The predicted octanol–water partition coefficient (Wildman–Crippen LogP) is 2.79. The number of ether oxygens (including phenoxy) is 2. The first-order valence-corrected chi connectivity index (χ1v) is 8.37. The Morgan fingerprint density at radius 1 is 1.31 bits per heavy atom. The summed E-state index contributed by atoms with van der Waals surface area (Å²) in [6, 6.07) is 2.05. The molecule has 0 aromatic heterocycles. The van der Waals surface area contributed by atoms with Crippen molar-refractivity contribution < 1.29 is 27.8 Å². The van der Waals surface area contributed by atoms with Crippen LogP contribution in [0.5, 0.6) is 0 Å². The number of esters is 2. The summed E-state index contributed by atoms with van der Waals surface area (Å²) >= 11 is 0. The molecule has 1 N–H and O–H groups in total. The van der Waals surface area contributed by atoms with Crippen molar-refractivity contribution in [2.75, 3.05) is 13.7 Å². The number of dihydropyridines is 1. The minimum absolute atomic E-state index is 0.0347. The summed E-state index contributed by atoms with van der Waals surface area (Å²) < 4.78 is 38.6. The number of hydrogen-bond donors (Lipinski definition) is 1. The molecule has 1 aromatic carbocycles. The van der Waals surface area contributed by atoms with Gasteiger partial charge in [-0.3, -0.25) is 0 Å². The third-order valence-corrected chi connectivity index (χ3v) is 5.04. The molecule has 26 heavy (non-hydrogen) atoms. The van der Waals surface area contributed by atoms with Gasteiger partial charge < -0.3 is 14.8 Å². The van der Waals surface area contributed by atoms with E-state index in [0.717, 1.165) is 18.9 Å². The second kappa shape index (κ2) is 5.93. The van der Waals surface area contributed by atoms with Gasteiger partial charge in [0.05, 0.1) is 29.9 Å². The highest BCUT2D eigenvalue weighted by Crippen LogP contribution is 2.49. The van der Waals surface area contributed by atoms with E-state index in [-0.39, 0.29) is 29.2 Å². The third kappa shape index (κ3) is 2.50. The molecule has 0 bridgehead atoms. The lowest BCUT2D eigenvalue weighted by Gasteiger charge is -2.29. The van der Waals surface area contributed by atoms with Crippen molar-refractivity contribution in [1.29, 1.82) is 0 Å². The zero-order valence-corrected chi connectivity index (χ0v) is 14.3. The average Bonchev–Trinajstić information content (AvgIpc) is 3.36. The molecule has 3 aliphatic rings. The Morgan fingerprint density at radius 2 is 2.04 bits per heavy atom. The molecule has 0 spiro atoms. The van der Waals surface area contributed by atoms with Crippen LogP contribution in [0.2, 0.25) is 0 Å². The second-order valence-corrected chi connectivity index (χ2v) is 6.72. The summed E-state index contributed by atoms with van der Waals surface area (Å²) in [5.74, 6) is -3.63. The summed E-state index contributed by atoms with van der Waals surface area (Å²) in [6.07, 6.45) is 1.57. The lowest BCUT2D eigenvalue weighted by molar-refractivity contribution is -0.136. The smallest absolute Gasteiger partial charge is 0.337 e. The number of hydrogen-bond acceptors (Lipinski definition) is 5. The molecule has 1 aliphatic carbocycles.